The summed E-state index contributed by atoms with van der Waals surface area (Å²) in [6.45, 7) is 1.74. The fourth-order valence-corrected chi connectivity index (χ4v) is 4.23. The fourth-order valence-electron chi connectivity index (χ4n) is 3.59. The van der Waals surface area contributed by atoms with Gasteiger partial charge in [-0.15, -0.1) is 0 Å². The Bertz CT molecular complexity index is 1090. The number of esters is 1. The SMILES string of the molecule is CC1=C(C(=O)OCc2ccccc2)C(c2ccc(Cl)cc2)CC(=O)N1CCS(C)(=O)=O. The number of halogens is 1. The highest BCUT2D eigenvalue weighted by molar-refractivity contribution is 7.90. The predicted molar refractivity (Wildman–Crippen MR) is 119 cm³/mol. The van der Waals surface area contributed by atoms with Gasteiger partial charge in [0.2, 0.25) is 5.91 Å². The molecule has 0 aliphatic carbocycles. The first-order chi connectivity index (χ1) is 14.7. The first-order valence-corrected chi connectivity index (χ1v) is 12.2. The number of ether oxygens (including phenoxy) is 1. The minimum atomic E-state index is -3.27. The minimum Gasteiger partial charge on any atom is -0.457 e. The van der Waals surface area contributed by atoms with Crippen molar-refractivity contribution in [2.75, 3.05) is 18.6 Å². The number of nitrogens with zero attached hydrogens (tertiary/aromatic N) is 1. The summed E-state index contributed by atoms with van der Waals surface area (Å²) in [6.07, 6.45) is 1.16. The van der Waals surface area contributed by atoms with Crippen molar-refractivity contribution in [1.82, 2.24) is 4.90 Å². The van der Waals surface area contributed by atoms with Crippen LogP contribution in [0.15, 0.2) is 65.9 Å². The molecule has 1 aliphatic heterocycles. The quantitative estimate of drug-likeness (QED) is 0.587. The van der Waals surface area contributed by atoms with E-state index in [0.717, 1.165) is 17.4 Å². The molecule has 2 aromatic rings. The molecule has 1 amide bonds. The molecule has 1 heterocycles. The third-order valence-electron chi connectivity index (χ3n) is 5.21. The molecular weight excluding hydrogens is 438 g/mol. The summed E-state index contributed by atoms with van der Waals surface area (Å²) < 4.78 is 28.8. The van der Waals surface area contributed by atoms with Crippen molar-refractivity contribution in [3.63, 3.8) is 0 Å². The Morgan fingerprint density at radius 2 is 1.77 bits per heavy atom. The molecule has 0 saturated carbocycles. The molecule has 3 rings (SSSR count). The molecule has 8 heteroatoms. The Kier molecular flexibility index (Phi) is 7.18. The van der Waals surface area contributed by atoms with Crippen molar-refractivity contribution in [1.29, 1.82) is 0 Å². The number of amides is 1. The van der Waals surface area contributed by atoms with Gasteiger partial charge in [0.1, 0.15) is 16.4 Å². The van der Waals surface area contributed by atoms with Gasteiger partial charge in [-0.05, 0) is 30.2 Å². The summed E-state index contributed by atoms with van der Waals surface area (Å²) in [5, 5.41) is 0.551. The van der Waals surface area contributed by atoms with Crippen LogP contribution in [-0.4, -0.2) is 43.7 Å². The Hall–Kier alpha value is -2.64. The lowest BCUT2D eigenvalue weighted by Gasteiger charge is -2.34. The zero-order valence-corrected chi connectivity index (χ0v) is 18.9. The van der Waals surface area contributed by atoms with Crippen molar-refractivity contribution in [2.24, 2.45) is 0 Å². The third-order valence-corrected chi connectivity index (χ3v) is 6.39. The van der Waals surface area contributed by atoms with Crippen LogP contribution in [0.5, 0.6) is 0 Å². The highest BCUT2D eigenvalue weighted by Crippen LogP contribution is 2.37. The van der Waals surface area contributed by atoms with E-state index in [9.17, 15) is 18.0 Å². The van der Waals surface area contributed by atoms with E-state index in [4.69, 9.17) is 16.3 Å². The molecule has 6 nitrogen and oxygen atoms in total. The number of carbonyl (C=O) groups is 2. The number of allylic oxidation sites excluding steroid dienone is 1. The average Bonchev–Trinajstić information content (AvgIpc) is 2.72. The summed E-state index contributed by atoms with van der Waals surface area (Å²) in [6, 6.07) is 16.3. The van der Waals surface area contributed by atoms with Gasteiger partial charge < -0.3 is 9.64 Å². The van der Waals surface area contributed by atoms with Crippen LogP contribution in [0.25, 0.3) is 0 Å². The lowest BCUT2D eigenvalue weighted by molar-refractivity contribution is -0.141. The molecule has 1 atom stereocenters. The Labute approximate surface area is 187 Å². The monoisotopic (exact) mass is 461 g/mol. The molecule has 0 radical (unpaired) electrons. The van der Waals surface area contributed by atoms with Crippen molar-refractivity contribution in [2.45, 2.75) is 25.9 Å². The predicted octanol–water partition coefficient (Wildman–Crippen LogP) is 3.72. The van der Waals surface area contributed by atoms with Gasteiger partial charge in [-0.25, -0.2) is 13.2 Å². The number of sulfone groups is 1. The first-order valence-electron chi connectivity index (χ1n) is 9.81. The Balaban J connectivity index is 1.94. The summed E-state index contributed by atoms with van der Waals surface area (Å²) in [5.74, 6) is -1.45. The van der Waals surface area contributed by atoms with Gasteiger partial charge in [0.25, 0.3) is 0 Å². The molecule has 0 bridgehead atoms. The summed E-state index contributed by atoms with van der Waals surface area (Å²) in [7, 11) is -3.27. The smallest absolute Gasteiger partial charge is 0.336 e. The molecule has 1 unspecified atom stereocenters. The van der Waals surface area contributed by atoms with Crippen LogP contribution < -0.4 is 0 Å². The largest absolute Gasteiger partial charge is 0.457 e. The van der Waals surface area contributed by atoms with Gasteiger partial charge in [-0.2, -0.15) is 0 Å². The highest BCUT2D eigenvalue weighted by atomic mass is 35.5. The van der Waals surface area contributed by atoms with Gasteiger partial charge in [0, 0.05) is 35.9 Å². The summed E-state index contributed by atoms with van der Waals surface area (Å²) >= 11 is 6.00. The van der Waals surface area contributed by atoms with Gasteiger partial charge in [-0.1, -0.05) is 54.1 Å². The van der Waals surface area contributed by atoms with Crippen LogP contribution >= 0.6 is 11.6 Å². The maximum atomic E-state index is 13.1. The zero-order chi connectivity index (χ0) is 22.6. The average molecular weight is 462 g/mol. The van der Waals surface area contributed by atoms with E-state index >= 15 is 0 Å². The number of carbonyl (C=O) groups excluding carboxylic acids is 2. The molecule has 0 spiro atoms. The second kappa shape index (κ2) is 9.66. The van der Waals surface area contributed by atoms with Crippen LogP contribution in [0.3, 0.4) is 0 Å². The lowest BCUT2D eigenvalue weighted by atomic mass is 9.83. The summed E-state index contributed by atoms with van der Waals surface area (Å²) in [5.41, 5.74) is 2.38. The van der Waals surface area contributed by atoms with Crippen molar-refractivity contribution in [3.05, 3.63) is 82.0 Å². The van der Waals surface area contributed by atoms with E-state index in [2.05, 4.69) is 0 Å². The Morgan fingerprint density at radius 3 is 2.39 bits per heavy atom. The highest BCUT2D eigenvalue weighted by Gasteiger charge is 2.37. The lowest BCUT2D eigenvalue weighted by Crippen LogP contribution is -2.40. The molecule has 1 aliphatic rings. The molecular formula is C23H24ClNO5S. The normalized spacial score (nSPS) is 17.1. The number of hydrogen-bond donors (Lipinski definition) is 0. The maximum Gasteiger partial charge on any atom is 0.336 e. The second-order valence-corrected chi connectivity index (χ2v) is 10.2. The van der Waals surface area contributed by atoms with E-state index < -0.39 is 21.7 Å². The Morgan fingerprint density at radius 1 is 1.13 bits per heavy atom. The number of rotatable bonds is 7. The van der Waals surface area contributed by atoms with Crippen molar-refractivity contribution < 1.29 is 22.7 Å². The van der Waals surface area contributed by atoms with Crippen LogP contribution in [-0.2, 0) is 30.8 Å². The molecule has 0 aromatic heterocycles. The van der Waals surface area contributed by atoms with E-state index in [0.29, 0.717) is 16.3 Å². The van der Waals surface area contributed by atoms with Crippen molar-refractivity contribution >= 4 is 33.3 Å². The van der Waals surface area contributed by atoms with Crippen LogP contribution in [0.4, 0.5) is 0 Å². The standard InChI is InChI=1S/C23H24ClNO5S/c1-16-22(23(27)30-15-17-6-4-3-5-7-17)20(18-8-10-19(24)11-9-18)14-21(26)25(16)12-13-31(2,28)29/h3-11,20H,12-15H2,1-2H3. The number of hydrogen-bond acceptors (Lipinski definition) is 5. The first kappa shape index (κ1) is 23.0. The number of benzene rings is 2. The van der Waals surface area contributed by atoms with E-state index in [-0.39, 0.29) is 31.2 Å². The topological polar surface area (TPSA) is 80.8 Å². The van der Waals surface area contributed by atoms with Gasteiger partial charge in [0.15, 0.2) is 0 Å². The van der Waals surface area contributed by atoms with E-state index in [1.807, 2.05) is 30.3 Å². The maximum absolute atomic E-state index is 13.1. The third kappa shape index (κ3) is 5.95. The van der Waals surface area contributed by atoms with E-state index in [1.54, 1.807) is 31.2 Å². The molecule has 2 aromatic carbocycles. The van der Waals surface area contributed by atoms with Crippen molar-refractivity contribution in [3.8, 4) is 0 Å². The van der Waals surface area contributed by atoms with Crippen LogP contribution in [0, 0.1) is 0 Å². The molecule has 0 fully saturated rings. The van der Waals surface area contributed by atoms with Crippen LogP contribution in [0.2, 0.25) is 5.02 Å². The van der Waals surface area contributed by atoms with E-state index in [1.165, 1.54) is 4.90 Å². The fraction of sp³-hybridized carbons (Fsp3) is 0.304. The molecule has 31 heavy (non-hydrogen) atoms. The second-order valence-electron chi connectivity index (χ2n) is 7.54. The minimum absolute atomic E-state index is 0.00764. The van der Waals surface area contributed by atoms with Gasteiger partial charge >= 0.3 is 5.97 Å². The molecule has 0 saturated heterocycles. The molecule has 164 valence electrons. The van der Waals surface area contributed by atoms with Gasteiger partial charge in [-0.3, -0.25) is 4.79 Å². The molecule has 0 N–H and O–H groups in total. The van der Waals surface area contributed by atoms with Gasteiger partial charge in [0.05, 0.1) is 11.3 Å². The zero-order valence-electron chi connectivity index (χ0n) is 17.4. The summed E-state index contributed by atoms with van der Waals surface area (Å²) in [4.78, 5) is 27.3. The van der Waals surface area contributed by atoms with Crippen LogP contribution in [0.1, 0.15) is 30.4 Å².